The van der Waals surface area contributed by atoms with E-state index in [1.807, 2.05) is 25.1 Å². The Bertz CT molecular complexity index is 643. The lowest BCUT2D eigenvalue weighted by atomic mass is 9.97. The van der Waals surface area contributed by atoms with E-state index in [0.717, 1.165) is 21.7 Å². The summed E-state index contributed by atoms with van der Waals surface area (Å²) in [6.07, 6.45) is 0. The molecule has 0 aromatic heterocycles. The van der Waals surface area contributed by atoms with Crippen molar-refractivity contribution in [1.29, 1.82) is 0 Å². The summed E-state index contributed by atoms with van der Waals surface area (Å²) in [5, 5.41) is 2.92. The maximum atomic E-state index is 13.9. The molecule has 0 aliphatic carbocycles. The minimum absolute atomic E-state index is 0.0714. The number of hydrogen-bond acceptors (Lipinski definition) is 1. The average Bonchev–Trinajstić information content (AvgIpc) is 2.40. The second-order valence-corrected chi connectivity index (χ2v) is 5.37. The molecule has 0 amide bonds. The van der Waals surface area contributed by atoms with Gasteiger partial charge in [0, 0.05) is 16.1 Å². The second-order valence-electron chi connectivity index (χ2n) is 4.52. The van der Waals surface area contributed by atoms with Crippen LogP contribution in [0.25, 0.3) is 0 Å². The lowest BCUT2D eigenvalue weighted by Crippen LogP contribution is -2.19. The summed E-state index contributed by atoms with van der Waals surface area (Å²) in [5.74, 6) is -3.03. The van der Waals surface area contributed by atoms with Crippen molar-refractivity contribution < 1.29 is 13.2 Å². The van der Waals surface area contributed by atoms with Gasteiger partial charge in [-0.3, -0.25) is 0 Å². The van der Waals surface area contributed by atoms with Crippen LogP contribution in [-0.4, -0.2) is 7.05 Å². The molecule has 1 nitrogen and oxygen atoms in total. The molecule has 1 N–H and O–H groups in total. The Morgan fingerprint density at radius 2 is 1.65 bits per heavy atom. The molecule has 0 aliphatic rings. The highest BCUT2D eigenvalue weighted by atomic mass is 79.9. The van der Waals surface area contributed by atoms with E-state index in [1.165, 1.54) is 0 Å². The quantitative estimate of drug-likeness (QED) is 0.810. The molecule has 0 spiro atoms. The summed E-state index contributed by atoms with van der Waals surface area (Å²) >= 11 is 3.41. The van der Waals surface area contributed by atoms with Crippen molar-refractivity contribution in [2.75, 3.05) is 7.05 Å². The van der Waals surface area contributed by atoms with Crippen LogP contribution in [0.3, 0.4) is 0 Å². The molecule has 0 fully saturated rings. The van der Waals surface area contributed by atoms with E-state index < -0.39 is 23.5 Å². The summed E-state index contributed by atoms with van der Waals surface area (Å²) in [7, 11) is 1.64. The third-order valence-corrected chi connectivity index (χ3v) is 4.02. The van der Waals surface area contributed by atoms with Gasteiger partial charge in [-0.25, -0.2) is 13.2 Å². The topological polar surface area (TPSA) is 12.0 Å². The van der Waals surface area contributed by atoms with Crippen LogP contribution >= 0.6 is 15.9 Å². The predicted octanol–water partition coefficient (Wildman–Crippen LogP) is 4.48. The zero-order chi connectivity index (χ0) is 14.9. The number of halogens is 4. The molecule has 2 aromatic rings. The molecular weight excluding hydrogens is 331 g/mol. The van der Waals surface area contributed by atoms with E-state index in [1.54, 1.807) is 7.05 Å². The average molecular weight is 344 g/mol. The van der Waals surface area contributed by atoms with Gasteiger partial charge in [0.15, 0.2) is 11.6 Å². The van der Waals surface area contributed by atoms with Gasteiger partial charge >= 0.3 is 0 Å². The molecule has 2 rings (SSSR count). The summed E-state index contributed by atoms with van der Waals surface area (Å²) in [4.78, 5) is 0. The molecule has 0 radical (unpaired) electrons. The fraction of sp³-hybridized carbons (Fsp3) is 0.200. The standard InChI is InChI=1S/C15H13BrF3N/c1-8-3-4-9(5-11(8)16)15(20-2)10-6-13(18)14(19)7-12(10)17/h3-7,15,20H,1-2H3. The van der Waals surface area contributed by atoms with Crippen molar-refractivity contribution in [1.82, 2.24) is 5.32 Å². The molecule has 0 saturated carbocycles. The van der Waals surface area contributed by atoms with E-state index in [2.05, 4.69) is 21.2 Å². The molecule has 0 bridgehead atoms. The molecule has 0 aliphatic heterocycles. The predicted molar refractivity (Wildman–Crippen MR) is 76.1 cm³/mol. The van der Waals surface area contributed by atoms with E-state index in [4.69, 9.17) is 0 Å². The molecule has 0 heterocycles. The SMILES string of the molecule is CNC(c1ccc(C)c(Br)c1)c1cc(F)c(F)cc1F. The molecule has 106 valence electrons. The van der Waals surface area contributed by atoms with Gasteiger partial charge < -0.3 is 5.32 Å². The monoisotopic (exact) mass is 343 g/mol. The van der Waals surface area contributed by atoms with Crippen LogP contribution in [0.2, 0.25) is 0 Å². The van der Waals surface area contributed by atoms with Gasteiger partial charge in [-0.15, -0.1) is 0 Å². The number of nitrogens with one attached hydrogen (secondary N) is 1. The van der Waals surface area contributed by atoms with Crippen LogP contribution in [0.1, 0.15) is 22.7 Å². The Labute approximate surface area is 123 Å². The Morgan fingerprint density at radius 1 is 1.00 bits per heavy atom. The zero-order valence-corrected chi connectivity index (χ0v) is 12.6. The number of hydrogen-bond donors (Lipinski definition) is 1. The third kappa shape index (κ3) is 2.88. The summed E-state index contributed by atoms with van der Waals surface area (Å²) in [5.41, 5.74) is 1.87. The highest BCUT2D eigenvalue weighted by Gasteiger charge is 2.19. The van der Waals surface area contributed by atoms with Crippen LogP contribution in [0.4, 0.5) is 13.2 Å². The van der Waals surface area contributed by atoms with Crippen LogP contribution in [0.5, 0.6) is 0 Å². The van der Waals surface area contributed by atoms with Crippen molar-refractivity contribution in [3.05, 3.63) is 68.9 Å². The van der Waals surface area contributed by atoms with Crippen LogP contribution in [0, 0.1) is 24.4 Å². The first-order valence-electron chi connectivity index (χ1n) is 6.01. The van der Waals surface area contributed by atoms with Gasteiger partial charge in [0.2, 0.25) is 0 Å². The molecular formula is C15H13BrF3N. The van der Waals surface area contributed by atoms with Crippen molar-refractivity contribution in [2.24, 2.45) is 0 Å². The van der Waals surface area contributed by atoms with Crippen molar-refractivity contribution in [3.63, 3.8) is 0 Å². The largest absolute Gasteiger partial charge is 0.309 e. The highest BCUT2D eigenvalue weighted by molar-refractivity contribution is 9.10. The van der Waals surface area contributed by atoms with Gasteiger partial charge in [0.25, 0.3) is 0 Å². The van der Waals surface area contributed by atoms with Crippen LogP contribution < -0.4 is 5.32 Å². The Hall–Kier alpha value is -1.33. The highest BCUT2D eigenvalue weighted by Crippen LogP contribution is 2.29. The van der Waals surface area contributed by atoms with Gasteiger partial charge in [0.05, 0.1) is 6.04 Å². The van der Waals surface area contributed by atoms with Crippen molar-refractivity contribution >= 4 is 15.9 Å². The smallest absolute Gasteiger partial charge is 0.161 e. The summed E-state index contributed by atoms with van der Waals surface area (Å²) < 4.78 is 41.1. The minimum Gasteiger partial charge on any atom is -0.309 e. The number of aryl methyl sites for hydroxylation is 1. The van der Waals surface area contributed by atoms with Gasteiger partial charge in [-0.05, 0) is 37.2 Å². The third-order valence-electron chi connectivity index (χ3n) is 3.17. The van der Waals surface area contributed by atoms with Gasteiger partial charge in [-0.1, -0.05) is 28.1 Å². The molecule has 0 saturated heterocycles. The summed E-state index contributed by atoms with van der Waals surface area (Å²) in [6.45, 7) is 1.93. The molecule has 5 heteroatoms. The van der Waals surface area contributed by atoms with Gasteiger partial charge in [0.1, 0.15) is 5.82 Å². The first-order valence-corrected chi connectivity index (χ1v) is 6.81. The molecule has 2 aromatic carbocycles. The first kappa shape index (κ1) is 15.1. The molecule has 1 atom stereocenters. The van der Waals surface area contributed by atoms with E-state index in [-0.39, 0.29) is 5.56 Å². The Balaban J connectivity index is 2.52. The molecule has 20 heavy (non-hydrogen) atoms. The van der Waals surface area contributed by atoms with E-state index in [9.17, 15) is 13.2 Å². The van der Waals surface area contributed by atoms with Crippen molar-refractivity contribution in [2.45, 2.75) is 13.0 Å². The first-order chi connectivity index (χ1) is 9.43. The lowest BCUT2D eigenvalue weighted by Gasteiger charge is -2.19. The van der Waals surface area contributed by atoms with E-state index in [0.29, 0.717) is 6.07 Å². The Kier molecular flexibility index (Phi) is 4.50. The second kappa shape index (κ2) is 5.97. The van der Waals surface area contributed by atoms with Gasteiger partial charge in [-0.2, -0.15) is 0 Å². The number of rotatable bonds is 3. The Morgan fingerprint density at radius 3 is 2.25 bits per heavy atom. The van der Waals surface area contributed by atoms with Crippen LogP contribution in [-0.2, 0) is 0 Å². The maximum Gasteiger partial charge on any atom is 0.161 e. The fourth-order valence-corrected chi connectivity index (χ4v) is 2.45. The van der Waals surface area contributed by atoms with E-state index >= 15 is 0 Å². The zero-order valence-electron chi connectivity index (χ0n) is 11.0. The minimum atomic E-state index is -1.19. The fourth-order valence-electron chi connectivity index (χ4n) is 2.05. The van der Waals surface area contributed by atoms with Crippen LogP contribution in [0.15, 0.2) is 34.8 Å². The summed E-state index contributed by atoms with van der Waals surface area (Å²) in [6, 6.07) is 6.43. The molecule has 1 unspecified atom stereocenters. The maximum absolute atomic E-state index is 13.9. The lowest BCUT2D eigenvalue weighted by molar-refractivity contribution is 0.483. The van der Waals surface area contributed by atoms with Crippen molar-refractivity contribution in [3.8, 4) is 0 Å². The normalized spacial score (nSPS) is 12.5. The number of benzene rings is 2.